The summed E-state index contributed by atoms with van der Waals surface area (Å²) in [5.41, 5.74) is 1.32. The molecule has 0 bridgehead atoms. The Bertz CT molecular complexity index is 255. The Kier molecular flexibility index (Phi) is 6.81. The zero-order chi connectivity index (χ0) is 11.6. The highest BCUT2D eigenvalue weighted by Crippen LogP contribution is 1.99. The fraction of sp³-hybridized carbons (Fsp3) is 0.538. The van der Waals surface area contributed by atoms with Crippen LogP contribution in [-0.4, -0.2) is 37.5 Å². The molecule has 1 aromatic rings. The molecule has 0 radical (unpaired) electrons. The van der Waals surface area contributed by atoms with E-state index in [1.807, 2.05) is 18.2 Å². The molecule has 16 heavy (non-hydrogen) atoms. The third-order valence-electron chi connectivity index (χ3n) is 2.40. The van der Waals surface area contributed by atoms with Crippen LogP contribution in [0.25, 0.3) is 0 Å². The lowest BCUT2D eigenvalue weighted by atomic mass is 10.2. The summed E-state index contributed by atoms with van der Waals surface area (Å²) >= 11 is 0. The van der Waals surface area contributed by atoms with Crippen molar-refractivity contribution in [1.82, 2.24) is 5.32 Å². The molecule has 3 heteroatoms. The van der Waals surface area contributed by atoms with Gasteiger partial charge in [-0.05, 0) is 13.3 Å². The third-order valence-corrected chi connectivity index (χ3v) is 2.40. The Morgan fingerprint density at radius 2 is 2.12 bits per heavy atom. The molecule has 0 aliphatic carbocycles. The lowest BCUT2D eigenvalue weighted by molar-refractivity contribution is 0.0139. The predicted molar refractivity (Wildman–Crippen MR) is 65.5 cm³/mol. The molecule has 0 spiro atoms. The van der Waals surface area contributed by atoms with E-state index in [0.29, 0.717) is 0 Å². The highest BCUT2D eigenvalue weighted by atomic mass is 16.5. The molecule has 1 unspecified atom stereocenters. The Hall–Kier alpha value is -0.900. The molecule has 1 atom stereocenters. The molecule has 0 aromatic heterocycles. The van der Waals surface area contributed by atoms with E-state index in [2.05, 4.69) is 24.4 Å². The van der Waals surface area contributed by atoms with Crippen LogP contribution in [0.15, 0.2) is 30.3 Å². The van der Waals surface area contributed by atoms with Crippen LogP contribution in [0.2, 0.25) is 0 Å². The minimum atomic E-state index is 0.229. The molecule has 3 nitrogen and oxygen atoms in total. The summed E-state index contributed by atoms with van der Waals surface area (Å²) in [6.45, 7) is 4.93. The highest BCUT2D eigenvalue weighted by molar-refractivity contribution is 5.11. The molecule has 2 N–H and O–H groups in total. The van der Waals surface area contributed by atoms with Crippen LogP contribution in [0.5, 0.6) is 0 Å². The van der Waals surface area contributed by atoms with Crippen LogP contribution in [0.3, 0.4) is 0 Å². The minimum Gasteiger partial charge on any atom is -0.396 e. The first-order valence-corrected chi connectivity index (χ1v) is 5.77. The largest absolute Gasteiger partial charge is 0.396 e. The molecule has 1 aliphatic rings. The highest BCUT2D eigenvalue weighted by Gasteiger charge is 2.11. The summed E-state index contributed by atoms with van der Waals surface area (Å²) in [4.78, 5) is 0. The molecule has 2 rings (SSSR count). The molecule has 90 valence electrons. The van der Waals surface area contributed by atoms with Gasteiger partial charge in [0.05, 0.1) is 12.7 Å². The van der Waals surface area contributed by atoms with Gasteiger partial charge in [-0.3, -0.25) is 0 Å². The zero-order valence-corrected chi connectivity index (χ0v) is 9.86. The quantitative estimate of drug-likeness (QED) is 0.795. The molecular weight excluding hydrogens is 202 g/mol. The zero-order valence-electron chi connectivity index (χ0n) is 9.86. The van der Waals surface area contributed by atoms with Gasteiger partial charge < -0.3 is 15.2 Å². The third kappa shape index (κ3) is 5.85. The van der Waals surface area contributed by atoms with Crippen LogP contribution in [-0.2, 0) is 4.74 Å². The van der Waals surface area contributed by atoms with Crippen molar-refractivity contribution in [1.29, 1.82) is 0 Å². The fourth-order valence-electron chi connectivity index (χ4n) is 1.48. The van der Waals surface area contributed by atoms with Crippen LogP contribution in [0.1, 0.15) is 12.0 Å². The van der Waals surface area contributed by atoms with E-state index >= 15 is 0 Å². The summed E-state index contributed by atoms with van der Waals surface area (Å²) in [5, 5.41) is 11.7. The Morgan fingerprint density at radius 3 is 2.56 bits per heavy atom. The molecule has 1 fully saturated rings. The number of hydrogen-bond acceptors (Lipinski definition) is 3. The summed E-state index contributed by atoms with van der Waals surface area (Å²) < 4.78 is 5.30. The van der Waals surface area contributed by atoms with Crippen molar-refractivity contribution in [3.05, 3.63) is 35.9 Å². The number of nitrogens with one attached hydrogen (secondary N) is 1. The standard InChI is InChI=1S/C7H8.C6H13NO2/c1-7-5-3-2-4-6-7;8-3-1-6-5-7-2-4-9-6/h2-6H,1H3;6-8H,1-5H2. The first-order chi connectivity index (χ1) is 7.83. The Morgan fingerprint density at radius 1 is 1.38 bits per heavy atom. The molecule has 0 amide bonds. The summed E-state index contributed by atoms with van der Waals surface area (Å²) in [6, 6.07) is 10.3. The van der Waals surface area contributed by atoms with Crippen molar-refractivity contribution in [3.63, 3.8) is 0 Å². The van der Waals surface area contributed by atoms with Gasteiger partial charge in [0, 0.05) is 19.7 Å². The fourth-order valence-corrected chi connectivity index (χ4v) is 1.48. The van der Waals surface area contributed by atoms with Crippen LogP contribution < -0.4 is 5.32 Å². The number of benzene rings is 1. The average molecular weight is 223 g/mol. The normalized spacial score (nSPS) is 19.8. The van der Waals surface area contributed by atoms with Gasteiger partial charge in [-0.1, -0.05) is 35.9 Å². The summed E-state index contributed by atoms with van der Waals surface area (Å²) in [7, 11) is 0. The summed E-state index contributed by atoms with van der Waals surface area (Å²) in [6.07, 6.45) is 0.997. The predicted octanol–water partition coefficient (Wildman–Crippen LogP) is 1.35. The number of morpholine rings is 1. The first-order valence-electron chi connectivity index (χ1n) is 5.77. The van der Waals surface area contributed by atoms with E-state index in [1.165, 1.54) is 5.56 Å². The molecule has 1 aliphatic heterocycles. The SMILES string of the molecule is Cc1ccccc1.OCCC1CNCCO1. The van der Waals surface area contributed by atoms with Crippen LogP contribution in [0, 0.1) is 6.92 Å². The van der Waals surface area contributed by atoms with Gasteiger partial charge in [0.15, 0.2) is 0 Å². The lowest BCUT2D eigenvalue weighted by Crippen LogP contribution is -2.38. The van der Waals surface area contributed by atoms with Crippen molar-refractivity contribution in [2.45, 2.75) is 19.4 Å². The van der Waals surface area contributed by atoms with Gasteiger partial charge in [0.1, 0.15) is 0 Å². The number of hydrogen-bond donors (Lipinski definition) is 2. The first kappa shape index (κ1) is 13.2. The van der Waals surface area contributed by atoms with Gasteiger partial charge in [-0.2, -0.15) is 0 Å². The van der Waals surface area contributed by atoms with E-state index < -0.39 is 0 Å². The van der Waals surface area contributed by atoms with Crippen molar-refractivity contribution < 1.29 is 9.84 Å². The second kappa shape index (κ2) is 8.28. The average Bonchev–Trinajstić information content (AvgIpc) is 2.33. The van der Waals surface area contributed by atoms with E-state index in [9.17, 15) is 0 Å². The van der Waals surface area contributed by atoms with Gasteiger partial charge in [0.25, 0.3) is 0 Å². The monoisotopic (exact) mass is 223 g/mol. The number of ether oxygens (including phenoxy) is 1. The van der Waals surface area contributed by atoms with E-state index in [0.717, 1.165) is 26.1 Å². The molecule has 1 saturated heterocycles. The van der Waals surface area contributed by atoms with Gasteiger partial charge in [0.2, 0.25) is 0 Å². The topological polar surface area (TPSA) is 41.5 Å². The van der Waals surface area contributed by atoms with Gasteiger partial charge >= 0.3 is 0 Å². The van der Waals surface area contributed by atoms with Gasteiger partial charge in [-0.25, -0.2) is 0 Å². The molecule has 0 saturated carbocycles. The molecule has 1 heterocycles. The van der Waals surface area contributed by atoms with Crippen LogP contribution >= 0.6 is 0 Å². The lowest BCUT2D eigenvalue weighted by Gasteiger charge is -2.22. The second-order valence-electron chi connectivity index (χ2n) is 3.86. The Labute approximate surface area is 97.4 Å². The van der Waals surface area contributed by atoms with Crippen molar-refractivity contribution in [3.8, 4) is 0 Å². The molecular formula is C13H21NO2. The number of rotatable bonds is 2. The Balaban J connectivity index is 0.000000165. The maximum absolute atomic E-state index is 8.51. The van der Waals surface area contributed by atoms with Crippen molar-refractivity contribution in [2.75, 3.05) is 26.3 Å². The number of aliphatic hydroxyl groups is 1. The molecule has 1 aromatic carbocycles. The van der Waals surface area contributed by atoms with E-state index in [4.69, 9.17) is 9.84 Å². The summed E-state index contributed by atoms with van der Waals surface area (Å²) in [5.74, 6) is 0. The van der Waals surface area contributed by atoms with Crippen LogP contribution in [0.4, 0.5) is 0 Å². The maximum atomic E-state index is 8.51. The smallest absolute Gasteiger partial charge is 0.0721 e. The number of aliphatic hydroxyl groups excluding tert-OH is 1. The van der Waals surface area contributed by atoms with Crippen molar-refractivity contribution >= 4 is 0 Å². The van der Waals surface area contributed by atoms with E-state index in [-0.39, 0.29) is 12.7 Å². The van der Waals surface area contributed by atoms with E-state index in [1.54, 1.807) is 0 Å². The van der Waals surface area contributed by atoms with Crippen molar-refractivity contribution in [2.24, 2.45) is 0 Å². The maximum Gasteiger partial charge on any atom is 0.0721 e. The minimum absolute atomic E-state index is 0.229. The van der Waals surface area contributed by atoms with Gasteiger partial charge in [-0.15, -0.1) is 0 Å². The second-order valence-corrected chi connectivity index (χ2v) is 3.86. The number of aryl methyl sites for hydroxylation is 1.